The van der Waals surface area contributed by atoms with Crippen LogP contribution in [0.2, 0.25) is 0 Å². The number of likely N-dealkylation sites (tertiary alicyclic amines) is 1. The molecular formula is C24H29NO5. The van der Waals surface area contributed by atoms with E-state index < -0.39 is 5.60 Å². The minimum Gasteiger partial charge on any atom is -0.489 e. The van der Waals surface area contributed by atoms with Gasteiger partial charge in [-0.3, -0.25) is 4.79 Å². The molecule has 0 saturated carbocycles. The average molecular weight is 411 g/mol. The van der Waals surface area contributed by atoms with E-state index in [1.54, 1.807) is 4.90 Å². The molecule has 0 spiro atoms. The first kappa shape index (κ1) is 21.7. The smallest absolute Gasteiger partial charge is 0.410 e. The summed E-state index contributed by atoms with van der Waals surface area (Å²) in [5, 5.41) is 0. The van der Waals surface area contributed by atoms with Crippen LogP contribution in [-0.4, -0.2) is 41.8 Å². The highest BCUT2D eigenvalue weighted by atomic mass is 16.6. The molecule has 1 saturated heterocycles. The van der Waals surface area contributed by atoms with E-state index in [2.05, 4.69) is 0 Å². The van der Waals surface area contributed by atoms with Crippen molar-refractivity contribution < 1.29 is 23.8 Å². The summed E-state index contributed by atoms with van der Waals surface area (Å²) in [6.07, 6.45) is 0.590. The fourth-order valence-corrected chi connectivity index (χ4v) is 3.15. The number of nitrogens with zero attached hydrogens (tertiary/aromatic N) is 1. The van der Waals surface area contributed by atoms with Crippen LogP contribution in [0.1, 0.15) is 38.3 Å². The highest BCUT2D eigenvalue weighted by Crippen LogP contribution is 2.21. The van der Waals surface area contributed by atoms with Gasteiger partial charge in [0, 0.05) is 13.0 Å². The molecule has 30 heavy (non-hydrogen) atoms. The maximum absolute atomic E-state index is 12.2. The van der Waals surface area contributed by atoms with Gasteiger partial charge in [-0.1, -0.05) is 42.5 Å². The van der Waals surface area contributed by atoms with Gasteiger partial charge in [0.15, 0.2) is 0 Å². The van der Waals surface area contributed by atoms with Crippen molar-refractivity contribution in [2.75, 3.05) is 13.1 Å². The van der Waals surface area contributed by atoms with Gasteiger partial charge in [0.05, 0.1) is 13.0 Å². The molecule has 0 bridgehead atoms. The van der Waals surface area contributed by atoms with Crippen LogP contribution in [0.5, 0.6) is 5.75 Å². The average Bonchev–Trinajstić information content (AvgIpc) is 3.16. The molecule has 0 unspecified atom stereocenters. The van der Waals surface area contributed by atoms with Crippen molar-refractivity contribution in [3.8, 4) is 5.75 Å². The van der Waals surface area contributed by atoms with Crippen LogP contribution in [0, 0.1) is 0 Å². The van der Waals surface area contributed by atoms with Crippen molar-refractivity contribution in [2.45, 2.75) is 51.9 Å². The third-order valence-corrected chi connectivity index (χ3v) is 4.61. The molecule has 6 nitrogen and oxygen atoms in total. The van der Waals surface area contributed by atoms with Gasteiger partial charge in [-0.25, -0.2) is 4.79 Å². The maximum atomic E-state index is 12.2. The van der Waals surface area contributed by atoms with Crippen LogP contribution in [0.3, 0.4) is 0 Å². The topological polar surface area (TPSA) is 65.1 Å². The van der Waals surface area contributed by atoms with Crippen molar-refractivity contribution in [1.82, 2.24) is 4.90 Å². The van der Waals surface area contributed by atoms with Crippen molar-refractivity contribution in [1.29, 1.82) is 0 Å². The minimum atomic E-state index is -0.506. The first-order chi connectivity index (χ1) is 14.3. The standard InChI is InChI=1S/C24H29NO5/c1-24(2,3)30-23(27)25-14-13-21(16-25)29-20-11-9-18(10-12-20)15-22(26)28-17-19-7-5-4-6-8-19/h4-12,21H,13-17H2,1-3H3/t21-/m0/s1. The Kier molecular flexibility index (Phi) is 6.98. The van der Waals surface area contributed by atoms with Gasteiger partial charge < -0.3 is 19.1 Å². The molecule has 1 aliphatic rings. The van der Waals surface area contributed by atoms with Crippen LogP contribution in [0.4, 0.5) is 4.79 Å². The maximum Gasteiger partial charge on any atom is 0.410 e. The quantitative estimate of drug-likeness (QED) is 0.661. The number of hydrogen-bond donors (Lipinski definition) is 0. The Bertz CT molecular complexity index is 842. The van der Waals surface area contributed by atoms with E-state index in [1.165, 1.54) is 0 Å². The third kappa shape index (κ3) is 6.79. The molecule has 1 amide bonds. The highest BCUT2D eigenvalue weighted by molar-refractivity contribution is 5.72. The number of ether oxygens (including phenoxy) is 3. The fraction of sp³-hybridized carbons (Fsp3) is 0.417. The van der Waals surface area contributed by atoms with E-state index in [0.29, 0.717) is 18.8 Å². The van der Waals surface area contributed by atoms with Gasteiger partial charge in [-0.05, 0) is 44.0 Å². The number of hydrogen-bond acceptors (Lipinski definition) is 5. The molecule has 0 radical (unpaired) electrons. The van der Waals surface area contributed by atoms with Gasteiger partial charge in [0.2, 0.25) is 0 Å². The summed E-state index contributed by atoms with van der Waals surface area (Å²) in [5.74, 6) is 0.448. The Hall–Kier alpha value is -3.02. The van der Waals surface area contributed by atoms with Crippen LogP contribution in [0.25, 0.3) is 0 Å². The SMILES string of the molecule is CC(C)(C)OC(=O)N1CC[C@H](Oc2ccc(CC(=O)OCc3ccccc3)cc2)C1. The lowest BCUT2D eigenvalue weighted by molar-refractivity contribution is -0.144. The molecule has 1 atom stereocenters. The fourth-order valence-electron chi connectivity index (χ4n) is 3.15. The zero-order valence-corrected chi connectivity index (χ0v) is 17.8. The summed E-state index contributed by atoms with van der Waals surface area (Å²) in [7, 11) is 0. The second-order valence-corrected chi connectivity index (χ2v) is 8.42. The van der Waals surface area contributed by atoms with E-state index >= 15 is 0 Å². The van der Waals surface area contributed by atoms with E-state index in [-0.39, 0.29) is 31.2 Å². The molecule has 1 fully saturated rings. The van der Waals surface area contributed by atoms with Gasteiger partial charge >= 0.3 is 12.1 Å². The van der Waals surface area contributed by atoms with Gasteiger partial charge in [0.1, 0.15) is 24.1 Å². The lowest BCUT2D eigenvalue weighted by atomic mass is 10.1. The summed E-state index contributed by atoms with van der Waals surface area (Å²) in [5.41, 5.74) is 1.32. The van der Waals surface area contributed by atoms with E-state index in [9.17, 15) is 9.59 Å². The number of rotatable bonds is 6. The molecule has 2 aromatic rings. The molecule has 3 rings (SSSR count). The molecule has 160 valence electrons. The minimum absolute atomic E-state index is 0.0702. The second-order valence-electron chi connectivity index (χ2n) is 8.42. The predicted octanol–water partition coefficient (Wildman–Crippen LogP) is 4.36. The molecule has 6 heteroatoms. The molecule has 0 aromatic heterocycles. The van der Waals surface area contributed by atoms with Gasteiger partial charge in [-0.2, -0.15) is 0 Å². The molecule has 1 heterocycles. The van der Waals surface area contributed by atoms with Crippen LogP contribution in [0.15, 0.2) is 54.6 Å². The summed E-state index contributed by atoms with van der Waals surface area (Å²) >= 11 is 0. The Balaban J connectivity index is 1.43. The predicted molar refractivity (Wildman–Crippen MR) is 113 cm³/mol. The van der Waals surface area contributed by atoms with Gasteiger partial charge in [-0.15, -0.1) is 0 Å². The molecular weight excluding hydrogens is 382 g/mol. The van der Waals surface area contributed by atoms with E-state index in [0.717, 1.165) is 17.5 Å². The summed E-state index contributed by atoms with van der Waals surface area (Å²) in [6, 6.07) is 17.0. The van der Waals surface area contributed by atoms with Crippen LogP contribution < -0.4 is 4.74 Å². The largest absolute Gasteiger partial charge is 0.489 e. The summed E-state index contributed by atoms with van der Waals surface area (Å²) < 4.78 is 16.7. The Morgan fingerprint density at radius 3 is 2.37 bits per heavy atom. The Labute approximate surface area is 177 Å². The van der Waals surface area contributed by atoms with Crippen LogP contribution >= 0.6 is 0 Å². The number of benzene rings is 2. The lowest BCUT2D eigenvalue weighted by Gasteiger charge is -2.24. The number of carbonyl (C=O) groups is 2. The molecule has 0 N–H and O–H groups in total. The number of carbonyl (C=O) groups excluding carboxylic acids is 2. The highest BCUT2D eigenvalue weighted by Gasteiger charge is 2.30. The zero-order chi connectivity index (χ0) is 21.6. The van der Waals surface area contributed by atoms with Crippen molar-refractivity contribution >= 4 is 12.1 Å². The van der Waals surface area contributed by atoms with Crippen molar-refractivity contribution in [2.24, 2.45) is 0 Å². The third-order valence-electron chi connectivity index (χ3n) is 4.61. The van der Waals surface area contributed by atoms with E-state index in [4.69, 9.17) is 14.2 Å². The van der Waals surface area contributed by atoms with Crippen LogP contribution in [-0.2, 0) is 27.3 Å². The molecule has 2 aromatic carbocycles. The van der Waals surface area contributed by atoms with E-state index in [1.807, 2.05) is 75.4 Å². The van der Waals surface area contributed by atoms with Crippen molar-refractivity contribution in [3.05, 3.63) is 65.7 Å². The monoisotopic (exact) mass is 411 g/mol. The lowest BCUT2D eigenvalue weighted by Crippen LogP contribution is -2.36. The van der Waals surface area contributed by atoms with Gasteiger partial charge in [0.25, 0.3) is 0 Å². The number of amides is 1. The Morgan fingerprint density at radius 2 is 1.70 bits per heavy atom. The molecule has 0 aliphatic carbocycles. The van der Waals surface area contributed by atoms with Crippen molar-refractivity contribution in [3.63, 3.8) is 0 Å². The Morgan fingerprint density at radius 1 is 1.00 bits per heavy atom. The first-order valence-corrected chi connectivity index (χ1v) is 10.2. The normalized spacial score (nSPS) is 16.2. The first-order valence-electron chi connectivity index (χ1n) is 10.2. The zero-order valence-electron chi connectivity index (χ0n) is 17.8. The second kappa shape index (κ2) is 9.65. The summed E-state index contributed by atoms with van der Waals surface area (Å²) in [6.45, 7) is 6.96. The molecule has 1 aliphatic heterocycles. The number of esters is 1. The summed E-state index contributed by atoms with van der Waals surface area (Å²) in [4.78, 5) is 25.9.